The summed E-state index contributed by atoms with van der Waals surface area (Å²) in [6, 6.07) is 8.72. The number of aryl methyl sites for hydroxylation is 1. The molecule has 1 heterocycles. The van der Waals surface area contributed by atoms with Gasteiger partial charge in [0, 0.05) is 18.9 Å². The van der Waals surface area contributed by atoms with Gasteiger partial charge in [0.05, 0.1) is 22.9 Å². The molecule has 1 aromatic heterocycles. The van der Waals surface area contributed by atoms with Gasteiger partial charge in [0.1, 0.15) is 0 Å². The van der Waals surface area contributed by atoms with Crippen molar-refractivity contribution in [2.75, 3.05) is 11.1 Å². The number of aromatic nitrogens is 2. The average Bonchev–Trinajstić information content (AvgIpc) is 2.83. The van der Waals surface area contributed by atoms with E-state index in [1.165, 1.54) is 0 Å². The van der Waals surface area contributed by atoms with Crippen LogP contribution in [0.25, 0.3) is 0 Å². The molecule has 0 spiro atoms. The first kappa shape index (κ1) is 13.6. The Kier molecular flexibility index (Phi) is 3.90. The van der Waals surface area contributed by atoms with E-state index in [1.54, 1.807) is 35.9 Å². The van der Waals surface area contributed by atoms with Crippen LogP contribution in [-0.4, -0.2) is 24.0 Å². The lowest BCUT2D eigenvalue weighted by Gasteiger charge is -2.06. The number of nitrogens with one attached hydrogen (secondary N) is 1. The fourth-order valence-corrected chi connectivity index (χ4v) is 2.58. The van der Waals surface area contributed by atoms with Crippen molar-refractivity contribution in [3.63, 3.8) is 0 Å². The number of benzene rings is 1. The largest absolute Gasteiger partial charge is 0.379 e. The number of sulfone groups is 1. The molecule has 0 bridgehead atoms. The third-order valence-electron chi connectivity index (χ3n) is 2.84. The molecule has 102 valence electrons. The molecule has 0 amide bonds. The summed E-state index contributed by atoms with van der Waals surface area (Å²) < 4.78 is 25.1. The molecule has 0 aliphatic rings. The normalized spacial score (nSPS) is 11.5. The predicted molar refractivity (Wildman–Crippen MR) is 74.7 cm³/mol. The van der Waals surface area contributed by atoms with Crippen molar-refractivity contribution < 1.29 is 8.42 Å². The Morgan fingerprint density at radius 3 is 2.42 bits per heavy atom. The van der Waals surface area contributed by atoms with E-state index in [9.17, 15) is 8.42 Å². The van der Waals surface area contributed by atoms with Gasteiger partial charge in [-0.15, -0.1) is 0 Å². The summed E-state index contributed by atoms with van der Waals surface area (Å²) in [7, 11) is -1.25. The van der Waals surface area contributed by atoms with Crippen LogP contribution in [0, 0.1) is 0 Å². The van der Waals surface area contributed by atoms with Crippen molar-refractivity contribution in [2.24, 2.45) is 7.05 Å². The minimum atomic E-state index is -3.12. The zero-order chi connectivity index (χ0) is 13.9. The second-order valence-corrected chi connectivity index (χ2v) is 6.54. The SMILES string of the molecule is CCS(=O)(=O)c1ccc(NCc2ccn(C)n2)cc1. The van der Waals surface area contributed by atoms with Crippen LogP contribution in [0.4, 0.5) is 5.69 Å². The lowest BCUT2D eigenvalue weighted by molar-refractivity contribution is 0.597. The molecule has 0 fully saturated rings. The van der Waals surface area contributed by atoms with Gasteiger partial charge in [-0.25, -0.2) is 8.42 Å². The topological polar surface area (TPSA) is 64.0 Å². The summed E-state index contributed by atoms with van der Waals surface area (Å²) >= 11 is 0. The smallest absolute Gasteiger partial charge is 0.178 e. The van der Waals surface area contributed by atoms with Crippen LogP contribution >= 0.6 is 0 Å². The van der Waals surface area contributed by atoms with Gasteiger partial charge in [-0.3, -0.25) is 4.68 Å². The number of nitrogens with zero attached hydrogens (tertiary/aromatic N) is 2. The summed E-state index contributed by atoms with van der Waals surface area (Å²) in [6.45, 7) is 2.25. The molecule has 0 saturated carbocycles. The maximum absolute atomic E-state index is 11.7. The molecule has 5 nitrogen and oxygen atoms in total. The third-order valence-corrected chi connectivity index (χ3v) is 4.59. The molecule has 1 N–H and O–H groups in total. The van der Waals surface area contributed by atoms with E-state index in [1.807, 2.05) is 19.3 Å². The van der Waals surface area contributed by atoms with E-state index in [-0.39, 0.29) is 5.75 Å². The van der Waals surface area contributed by atoms with Gasteiger partial charge in [-0.05, 0) is 30.3 Å². The van der Waals surface area contributed by atoms with Crippen molar-refractivity contribution in [1.29, 1.82) is 0 Å². The zero-order valence-corrected chi connectivity index (χ0v) is 11.8. The molecule has 2 aromatic rings. The highest BCUT2D eigenvalue weighted by Crippen LogP contribution is 2.15. The van der Waals surface area contributed by atoms with Crippen LogP contribution in [-0.2, 0) is 23.4 Å². The van der Waals surface area contributed by atoms with E-state index in [4.69, 9.17) is 0 Å². The quantitative estimate of drug-likeness (QED) is 0.907. The Morgan fingerprint density at radius 2 is 1.89 bits per heavy atom. The highest BCUT2D eigenvalue weighted by molar-refractivity contribution is 7.91. The summed E-state index contributed by atoms with van der Waals surface area (Å²) in [6.07, 6.45) is 1.88. The Balaban J connectivity index is 2.03. The molecule has 0 aliphatic carbocycles. The van der Waals surface area contributed by atoms with Crippen LogP contribution in [0.2, 0.25) is 0 Å². The van der Waals surface area contributed by atoms with E-state index >= 15 is 0 Å². The summed E-state index contributed by atoms with van der Waals surface area (Å²) in [5, 5.41) is 7.45. The molecule has 19 heavy (non-hydrogen) atoms. The molecular weight excluding hydrogens is 262 g/mol. The van der Waals surface area contributed by atoms with Gasteiger partial charge in [0.2, 0.25) is 0 Å². The van der Waals surface area contributed by atoms with Crippen molar-refractivity contribution in [2.45, 2.75) is 18.4 Å². The van der Waals surface area contributed by atoms with Crippen LogP contribution in [0.3, 0.4) is 0 Å². The Morgan fingerprint density at radius 1 is 1.21 bits per heavy atom. The Hall–Kier alpha value is -1.82. The molecule has 0 unspecified atom stereocenters. The molecule has 0 atom stereocenters. The summed E-state index contributed by atoms with van der Waals surface area (Å²) in [4.78, 5) is 0.360. The summed E-state index contributed by atoms with van der Waals surface area (Å²) in [5.41, 5.74) is 1.81. The standard InChI is InChI=1S/C13H17N3O2S/c1-3-19(17,18)13-6-4-11(5-7-13)14-10-12-8-9-16(2)15-12/h4-9,14H,3,10H2,1-2H3. The fraction of sp³-hybridized carbons (Fsp3) is 0.308. The van der Waals surface area contributed by atoms with Crippen molar-refractivity contribution in [3.05, 3.63) is 42.2 Å². The zero-order valence-electron chi connectivity index (χ0n) is 11.0. The molecular formula is C13H17N3O2S. The predicted octanol–water partition coefficient (Wildman–Crippen LogP) is 1.83. The second-order valence-electron chi connectivity index (χ2n) is 4.26. The van der Waals surface area contributed by atoms with E-state index in [2.05, 4.69) is 10.4 Å². The Bertz CT molecular complexity index is 645. The fourth-order valence-electron chi connectivity index (χ4n) is 1.70. The van der Waals surface area contributed by atoms with Gasteiger partial charge in [0.25, 0.3) is 0 Å². The first-order valence-corrected chi connectivity index (χ1v) is 7.72. The van der Waals surface area contributed by atoms with E-state index in [0.717, 1.165) is 11.4 Å². The number of rotatable bonds is 5. The van der Waals surface area contributed by atoms with Crippen LogP contribution in [0.15, 0.2) is 41.4 Å². The first-order chi connectivity index (χ1) is 9.01. The molecule has 0 saturated heterocycles. The maximum Gasteiger partial charge on any atom is 0.178 e. The van der Waals surface area contributed by atoms with Crippen molar-refractivity contribution in [3.8, 4) is 0 Å². The van der Waals surface area contributed by atoms with Crippen LogP contribution in [0.5, 0.6) is 0 Å². The van der Waals surface area contributed by atoms with Gasteiger partial charge < -0.3 is 5.32 Å². The van der Waals surface area contributed by atoms with Gasteiger partial charge in [-0.2, -0.15) is 5.10 Å². The lowest BCUT2D eigenvalue weighted by atomic mass is 10.3. The molecule has 2 rings (SSSR count). The van der Waals surface area contributed by atoms with Crippen LogP contribution in [0.1, 0.15) is 12.6 Å². The molecule has 0 aliphatic heterocycles. The minimum Gasteiger partial charge on any atom is -0.379 e. The van der Waals surface area contributed by atoms with E-state index < -0.39 is 9.84 Å². The first-order valence-electron chi connectivity index (χ1n) is 6.06. The van der Waals surface area contributed by atoms with E-state index in [0.29, 0.717) is 11.4 Å². The second kappa shape index (κ2) is 5.44. The van der Waals surface area contributed by atoms with Gasteiger partial charge in [0.15, 0.2) is 9.84 Å². The Labute approximate surface area is 113 Å². The number of hydrogen-bond donors (Lipinski definition) is 1. The number of hydrogen-bond acceptors (Lipinski definition) is 4. The minimum absolute atomic E-state index is 0.119. The average molecular weight is 279 g/mol. The lowest BCUT2D eigenvalue weighted by Crippen LogP contribution is -2.04. The van der Waals surface area contributed by atoms with Gasteiger partial charge >= 0.3 is 0 Å². The third kappa shape index (κ3) is 3.35. The van der Waals surface area contributed by atoms with Gasteiger partial charge in [-0.1, -0.05) is 6.92 Å². The monoisotopic (exact) mass is 279 g/mol. The van der Waals surface area contributed by atoms with Crippen molar-refractivity contribution in [1.82, 2.24) is 9.78 Å². The highest BCUT2D eigenvalue weighted by Gasteiger charge is 2.10. The molecule has 6 heteroatoms. The maximum atomic E-state index is 11.7. The number of anilines is 1. The molecule has 1 aromatic carbocycles. The van der Waals surface area contributed by atoms with Crippen molar-refractivity contribution >= 4 is 15.5 Å². The molecule has 0 radical (unpaired) electrons. The summed E-state index contributed by atoms with van der Waals surface area (Å²) in [5.74, 6) is 0.119. The van der Waals surface area contributed by atoms with Crippen LogP contribution < -0.4 is 5.32 Å². The highest BCUT2D eigenvalue weighted by atomic mass is 32.2.